The molecular formula is C21H26N2O2. The Morgan fingerprint density at radius 1 is 1.12 bits per heavy atom. The van der Waals surface area contributed by atoms with E-state index in [2.05, 4.69) is 36.3 Å². The molecule has 1 amide bonds. The van der Waals surface area contributed by atoms with Gasteiger partial charge in [0.15, 0.2) is 0 Å². The Hall–Kier alpha value is -2.17. The lowest BCUT2D eigenvalue weighted by Gasteiger charge is -2.21. The van der Waals surface area contributed by atoms with E-state index < -0.39 is 0 Å². The van der Waals surface area contributed by atoms with Crippen LogP contribution >= 0.6 is 0 Å². The smallest absolute Gasteiger partial charge is 0.252 e. The first-order valence-corrected chi connectivity index (χ1v) is 8.86. The fourth-order valence-corrected chi connectivity index (χ4v) is 3.52. The number of hydrogen-bond donors (Lipinski definition) is 1. The van der Waals surface area contributed by atoms with Gasteiger partial charge in [-0.25, -0.2) is 0 Å². The van der Waals surface area contributed by atoms with E-state index in [4.69, 9.17) is 4.74 Å². The third kappa shape index (κ3) is 3.91. The molecule has 25 heavy (non-hydrogen) atoms. The summed E-state index contributed by atoms with van der Waals surface area (Å²) in [6.45, 7) is 6.37. The Morgan fingerprint density at radius 2 is 1.80 bits per heavy atom. The van der Waals surface area contributed by atoms with Gasteiger partial charge in [0.1, 0.15) is 0 Å². The van der Waals surface area contributed by atoms with E-state index in [0.29, 0.717) is 12.2 Å². The van der Waals surface area contributed by atoms with Gasteiger partial charge in [0.2, 0.25) is 0 Å². The van der Waals surface area contributed by atoms with E-state index in [1.807, 2.05) is 43.3 Å². The van der Waals surface area contributed by atoms with Crippen molar-refractivity contribution >= 4 is 5.91 Å². The maximum Gasteiger partial charge on any atom is 0.252 e. The SMILES string of the molecule is CCO[C@@H]1CN(C)C[C@H]1NC(=O)c1ccccc1-c1ccccc1C. The molecule has 4 heteroatoms. The Labute approximate surface area is 149 Å². The minimum Gasteiger partial charge on any atom is -0.375 e. The largest absolute Gasteiger partial charge is 0.375 e. The lowest BCUT2D eigenvalue weighted by Crippen LogP contribution is -2.44. The maximum atomic E-state index is 13.0. The van der Waals surface area contributed by atoms with Crippen LogP contribution in [0.4, 0.5) is 0 Å². The van der Waals surface area contributed by atoms with Crippen LogP contribution in [-0.2, 0) is 4.74 Å². The molecule has 2 atom stereocenters. The summed E-state index contributed by atoms with van der Waals surface area (Å²) in [7, 11) is 2.06. The minimum absolute atomic E-state index is 0.0161. The molecule has 2 aromatic carbocycles. The van der Waals surface area contributed by atoms with Crippen LogP contribution in [-0.4, -0.2) is 49.7 Å². The fourth-order valence-electron chi connectivity index (χ4n) is 3.52. The first kappa shape index (κ1) is 17.6. The van der Waals surface area contributed by atoms with Crippen molar-refractivity contribution in [2.45, 2.75) is 26.0 Å². The summed E-state index contributed by atoms with van der Waals surface area (Å²) in [5.74, 6) is -0.0381. The lowest BCUT2D eigenvalue weighted by molar-refractivity contribution is 0.0513. The highest BCUT2D eigenvalue weighted by molar-refractivity contribution is 6.01. The first-order chi connectivity index (χ1) is 12.1. The molecule has 2 aromatic rings. The van der Waals surface area contributed by atoms with E-state index in [-0.39, 0.29) is 18.1 Å². The molecule has 4 nitrogen and oxygen atoms in total. The van der Waals surface area contributed by atoms with E-state index in [9.17, 15) is 4.79 Å². The van der Waals surface area contributed by atoms with Gasteiger partial charge in [-0.05, 0) is 43.7 Å². The summed E-state index contributed by atoms with van der Waals surface area (Å²) in [5.41, 5.74) is 3.94. The molecule has 0 aliphatic carbocycles. The molecule has 0 radical (unpaired) electrons. The quantitative estimate of drug-likeness (QED) is 0.911. The van der Waals surface area contributed by atoms with Crippen molar-refractivity contribution in [1.82, 2.24) is 10.2 Å². The zero-order chi connectivity index (χ0) is 17.8. The molecule has 0 spiro atoms. The van der Waals surface area contributed by atoms with Gasteiger partial charge in [0.05, 0.1) is 12.1 Å². The average Bonchev–Trinajstić information content (AvgIpc) is 2.95. The Kier molecular flexibility index (Phi) is 5.51. The monoisotopic (exact) mass is 338 g/mol. The van der Waals surface area contributed by atoms with Crippen LogP contribution in [0.3, 0.4) is 0 Å². The van der Waals surface area contributed by atoms with Crippen LogP contribution in [0.25, 0.3) is 11.1 Å². The Bertz CT molecular complexity index is 744. The van der Waals surface area contributed by atoms with Crippen molar-refractivity contribution in [3.63, 3.8) is 0 Å². The van der Waals surface area contributed by atoms with Crippen LogP contribution in [0, 0.1) is 6.92 Å². The van der Waals surface area contributed by atoms with Crippen molar-refractivity contribution in [2.24, 2.45) is 0 Å². The fraction of sp³-hybridized carbons (Fsp3) is 0.381. The molecule has 1 heterocycles. The maximum absolute atomic E-state index is 13.0. The molecule has 1 N–H and O–H groups in total. The molecular weight excluding hydrogens is 312 g/mol. The molecule has 0 unspecified atom stereocenters. The predicted octanol–water partition coefficient (Wildman–Crippen LogP) is 3.11. The molecule has 0 saturated carbocycles. The van der Waals surface area contributed by atoms with Gasteiger partial charge in [-0.1, -0.05) is 42.5 Å². The molecule has 0 aromatic heterocycles. The Morgan fingerprint density at radius 3 is 2.52 bits per heavy atom. The highest BCUT2D eigenvalue weighted by atomic mass is 16.5. The highest BCUT2D eigenvalue weighted by Crippen LogP contribution is 2.27. The molecule has 0 bridgehead atoms. The number of carbonyl (C=O) groups is 1. The van der Waals surface area contributed by atoms with Gasteiger partial charge in [-0.15, -0.1) is 0 Å². The molecule has 3 rings (SSSR count). The van der Waals surface area contributed by atoms with E-state index in [0.717, 1.165) is 29.8 Å². The van der Waals surface area contributed by atoms with Gasteiger partial charge in [0, 0.05) is 25.3 Å². The summed E-state index contributed by atoms with van der Waals surface area (Å²) in [6, 6.07) is 16.0. The predicted molar refractivity (Wildman–Crippen MR) is 101 cm³/mol. The zero-order valence-electron chi connectivity index (χ0n) is 15.2. The highest BCUT2D eigenvalue weighted by Gasteiger charge is 2.33. The van der Waals surface area contributed by atoms with Crippen molar-refractivity contribution in [3.8, 4) is 11.1 Å². The number of likely N-dealkylation sites (tertiary alicyclic amines) is 1. The second kappa shape index (κ2) is 7.81. The molecule has 1 saturated heterocycles. The normalized spacial score (nSPS) is 20.6. The third-order valence-corrected chi connectivity index (χ3v) is 4.75. The van der Waals surface area contributed by atoms with E-state index >= 15 is 0 Å². The van der Waals surface area contributed by atoms with Gasteiger partial charge >= 0.3 is 0 Å². The number of amides is 1. The average molecular weight is 338 g/mol. The molecule has 132 valence electrons. The number of nitrogens with one attached hydrogen (secondary N) is 1. The van der Waals surface area contributed by atoms with Crippen LogP contribution in [0.15, 0.2) is 48.5 Å². The third-order valence-electron chi connectivity index (χ3n) is 4.75. The molecule has 1 aliphatic rings. The minimum atomic E-state index is -0.0381. The number of ether oxygens (including phenoxy) is 1. The van der Waals surface area contributed by atoms with Gasteiger partial charge < -0.3 is 15.0 Å². The second-order valence-corrected chi connectivity index (χ2v) is 6.66. The van der Waals surface area contributed by atoms with Crippen LogP contribution in [0.2, 0.25) is 0 Å². The zero-order valence-corrected chi connectivity index (χ0v) is 15.2. The number of aryl methyl sites for hydroxylation is 1. The van der Waals surface area contributed by atoms with E-state index in [1.165, 1.54) is 0 Å². The number of hydrogen-bond acceptors (Lipinski definition) is 3. The van der Waals surface area contributed by atoms with Crippen LogP contribution in [0.1, 0.15) is 22.8 Å². The second-order valence-electron chi connectivity index (χ2n) is 6.66. The lowest BCUT2D eigenvalue weighted by atomic mass is 9.95. The number of benzene rings is 2. The summed E-state index contributed by atoms with van der Waals surface area (Å²) in [6.07, 6.45) is 0.0459. The summed E-state index contributed by atoms with van der Waals surface area (Å²) >= 11 is 0. The molecule has 1 fully saturated rings. The van der Waals surface area contributed by atoms with Gasteiger partial charge in [-0.2, -0.15) is 0 Å². The summed E-state index contributed by atoms with van der Waals surface area (Å²) in [5, 5.41) is 3.18. The number of likely N-dealkylation sites (N-methyl/N-ethyl adjacent to an activating group) is 1. The number of nitrogens with zero attached hydrogens (tertiary/aromatic N) is 1. The topological polar surface area (TPSA) is 41.6 Å². The number of carbonyl (C=O) groups excluding carboxylic acids is 1. The van der Waals surface area contributed by atoms with Crippen molar-refractivity contribution in [1.29, 1.82) is 0 Å². The first-order valence-electron chi connectivity index (χ1n) is 8.86. The Balaban J connectivity index is 1.85. The van der Waals surface area contributed by atoms with Crippen molar-refractivity contribution in [3.05, 3.63) is 59.7 Å². The van der Waals surface area contributed by atoms with Gasteiger partial charge in [-0.3, -0.25) is 4.79 Å². The van der Waals surface area contributed by atoms with E-state index in [1.54, 1.807) is 0 Å². The van der Waals surface area contributed by atoms with Gasteiger partial charge in [0.25, 0.3) is 5.91 Å². The summed E-state index contributed by atoms with van der Waals surface area (Å²) in [4.78, 5) is 15.2. The van der Waals surface area contributed by atoms with Crippen molar-refractivity contribution < 1.29 is 9.53 Å². The molecule has 1 aliphatic heterocycles. The van der Waals surface area contributed by atoms with Crippen LogP contribution in [0.5, 0.6) is 0 Å². The number of rotatable bonds is 5. The standard InChI is InChI=1S/C21H26N2O2/c1-4-25-20-14-23(3)13-19(20)22-21(24)18-12-8-7-11-17(18)16-10-6-5-9-15(16)2/h5-12,19-20H,4,13-14H2,1-3H3,(H,22,24)/t19-,20-/m1/s1. The van der Waals surface area contributed by atoms with Crippen LogP contribution < -0.4 is 5.32 Å². The summed E-state index contributed by atoms with van der Waals surface area (Å²) < 4.78 is 5.80. The van der Waals surface area contributed by atoms with Crippen molar-refractivity contribution in [2.75, 3.05) is 26.7 Å².